The average Bonchev–Trinajstić information content (AvgIpc) is 3.16. The van der Waals surface area contributed by atoms with E-state index >= 15 is 0 Å². The summed E-state index contributed by atoms with van der Waals surface area (Å²) in [7, 11) is 0. The number of nitrogens with zero attached hydrogens (tertiary/aromatic N) is 3. The summed E-state index contributed by atoms with van der Waals surface area (Å²) in [6.07, 6.45) is 2.69. The van der Waals surface area contributed by atoms with Crippen molar-refractivity contribution in [2.45, 2.75) is 52.0 Å². The summed E-state index contributed by atoms with van der Waals surface area (Å²) in [4.78, 5) is 30.5. The van der Waals surface area contributed by atoms with Gasteiger partial charge in [0.05, 0.1) is 0 Å². The highest BCUT2D eigenvalue weighted by Crippen LogP contribution is 2.17. The van der Waals surface area contributed by atoms with Crippen LogP contribution in [0.5, 0.6) is 0 Å². The Hall–Kier alpha value is -2.77. The maximum Gasteiger partial charge on any atom is 0.227 e. The highest BCUT2D eigenvalue weighted by Gasteiger charge is 2.24. The Balaban J connectivity index is 1.41. The number of likely N-dealkylation sites (tertiary alicyclic amines) is 1. The molecular formula is C21H27FN4O3. The zero-order valence-corrected chi connectivity index (χ0v) is 16.9. The van der Waals surface area contributed by atoms with Crippen LogP contribution < -0.4 is 5.32 Å². The van der Waals surface area contributed by atoms with Crippen molar-refractivity contribution in [2.75, 3.05) is 13.1 Å². The first kappa shape index (κ1) is 21.0. The summed E-state index contributed by atoms with van der Waals surface area (Å²) in [5.41, 5.74) is 0.657. The predicted molar refractivity (Wildman–Crippen MR) is 105 cm³/mol. The van der Waals surface area contributed by atoms with Gasteiger partial charge in [0.15, 0.2) is 0 Å². The molecule has 3 rings (SSSR count). The average molecular weight is 402 g/mol. The van der Waals surface area contributed by atoms with Crippen molar-refractivity contribution in [1.82, 2.24) is 20.4 Å². The third-order valence-corrected chi connectivity index (χ3v) is 4.93. The lowest BCUT2D eigenvalue weighted by molar-refractivity contribution is -0.133. The molecule has 1 fully saturated rings. The number of rotatable bonds is 7. The molecule has 1 aliphatic rings. The van der Waals surface area contributed by atoms with Crippen LogP contribution in [0.25, 0.3) is 11.4 Å². The molecule has 1 aromatic heterocycles. The van der Waals surface area contributed by atoms with E-state index in [2.05, 4.69) is 15.5 Å². The molecule has 1 N–H and O–H groups in total. The first-order valence-electron chi connectivity index (χ1n) is 10.1. The maximum atomic E-state index is 13.0. The fourth-order valence-electron chi connectivity index (χ4n) is 3.34. The Kier molecular flexibility index (Phi) is 6.95. The highest BCUT2D eigenvalue weighted by molar-refractivity contribution is 5.77. The Morgan fingerprint density at radius 2 is 1.93 bits per heavy atom. The highest BCUT2D eigenvalue weighted by atomic mass is 19.1. The van der Waals surface area contributed by atoms with Crippen LogP contribution in [0.15, 0.2) is 28.8 Å². The van der Waals surface area contributed by atoms with Gasteiger partial charge in [0.25, 0.3) is 0 Å². The topological polar surface area (TPSA) is 88.3 Å². The lowest BCUT2D eigenvalue weighted by atomic mass is 10.0. The van der Waals surface area contributed by atoms with Crippen molar-refractivity contribution in [3.63, 3.8) is 0 Å². The SMILES string of the molecule is CC(C)CC(=O)N1CCC(NC(=O)CCc2nc(-c3ccc(F)cc3)no2)CC1. The Labute approximate surface area is 169 Å². The van der Waals surface area contributed by atoms with Crippen molar-refractivity contribution in [2.24, 2.45) is 5.92 Å². The van der Waals surface area contributed by atoms with Gasteiger partial charge in [0.1, 0.15) is 5.82 Å². The van der Waals surface area contributed by atoms with Gasteiger partial charge in [-0.05, 0) is 43.0 Å². The van der Waals surface area contributed by atoms with E-state index in [9.17, 15) is 14.0 Å². The number of amides is 2. The summed E-state index contributed by atoms with van der Waals surface area (Å²) in [5, 5.41) is 6.90. The molecule has 0 unspecified atom stereocenters. The molecule has 156 valence electrons. The second-order valence-corrected chi connectivity index (χ2v) is 7.84. The third kappa shape index (κ3) is 6.10. The van der Waals surface area contributed by atoms with Gasteiger partial charge in [0, 0.05) is 44.0 Å². The summed E-state index contributed by atoms with van der Waals surface area (Å²) in [6, 6.07) is 5.91. The van der Waals surface area contributed by atoms with E-state index in [-0.39, 0.29) is 30.1 Å². The molecule has 7 nitrogen and oxygen atoms in total. The molecule has 2 heterocycles. The minimum atomic E-state index is -0.329. The van der Waals surface area contributed by atoms with Crippen LogP contribution in [0.3, 0.4) is 0 Å². The lowest BCUT2D eigenvalue weighted by Gasteiger charge is -2.32. The second-order valence-electron chi connectivity index (χ2n) is 7.84. The number of benzene rings is 1. The van der Waals surface area contributed by atoms with Gasteiger partial charge >= 0.3 is 0 Å². The third-order valence-electron chi connectivity index (χ3n) is 4.93. The number of aromatic nitrogens is 2. The fraction of sp³-hybridized carbons (Fsp3) is 0.524. The molecule has 2 amide bonds. The minimum Gasteiger partial charge on any atom is -0.353 e. The van der Waals surface area contributed by atoms with Gasteiger partial charge in [-0.25, -0.2) is 4.39 Å². The van der Waals surface area contributed by atoms with E-state index in [0.717, 1.165) is 12.8 Å². The van der Waals surface area contributed by atoms with Gasteiger partial charge in [-0.3, -0.25) is 9.59 Å². The number of nitrogens with one attached hydrogen (secondary N) is 1. The Bertz CT molecular complexity index is 827. The van der Waals surface area contributed by atoms with E-state index in [0.29, 0.717) is 49.1 Å². The second kappa shape index (κ2) is 9.62. The number of hydrogen-bond acceptors (Lipinski definition) is 5. The first-order valence-corrected chi connectivity index (χ1v) is 10.1. The van der Waals surface area contributed by atoms with E-state index < -0.39 is 0 Å². The summed E-state index contributed by atoms with van der Waals surface area (Å²) >= 11 is 0. The number of piperidine rings is 1. The van der Waals surface area contributed by atoms with E-state index in [4.69, 9.17) is 4.52 Å². The number of carbonyl (C=O) groups excluding carboxylic acids is 2. The quantitative estimate of drug-likeness (QED) is 0.769. The van der Waals surface area contributed by atoms with Crippen LogP contribution >= 0.6 is 0 Å². The van der Waals surface area contributed by atoms with Crippen LogP contribution in [0, 0.1) is 11.7 Å². The molecule has 1 aromatic carbocycles. The van der Waals surface area contributed by atoms with Crippen LogP contribution in [0.1, 0.15) is 45.4 Å². The molecule has 0 saturated carbocycles. The fourth-order valence-corrected chi connectivity index (χ4v) is 3.34. The molecule has 0 bridgehead atoms. The lowest BCUT2D eigenvalue weighted by Crippen LogP contribution is -2.46. The molecular weight excluding hydrogens is 375 g/mol. The van der Waals surface area contributed by atoms with Gasteiger partial charge < -0.3 is 14.7 Å². The Morgan fingerprint density at radius 1 is 1.24 bits per heavy atom. The molecule has 0 spiro atoms. The van der Waals surface area contributed by atoms with Crippen LogP contribution in [-0.2, 0) is 16.0 Å². The smallest absolute Gasteiger partial charge is 0.227 e. The zero-order valence-electron chi connectivity index (χ0n) is 16.9. The first-order chi connectivity index (χ1) is 13.9. The summed E-state index contributed by atoms with van der Waals surface area (Å²) < 4.78 is 18.2. The summed E-state index contributed by atoms with van der Waals surface area (Å²) in [6.45, 7) is 5.44. The molecule has 0 atom stereocenters. The molecule has 8 heteroatoms. The maximum absolute atomic E-state index is 13.0. The van der Waals surface area contributed by atoms with Crippen molar-refractivity contribution in [3.8, 4) is 11.4 Å². The van der Waals surface area contributed by atoms with Crippen molar-refractivity contribution < 1.29 is 18.5 Å². The van der Waals surface area contributed by atoms with Crippen molar-refractivity contribution in [1.29, 1.82) is 0 Å². The molecule has 1 saturated heterocycles. The van der Waals surface area contributed by atoms with Gasteiger partial charge in [0.2, 0.25) is 23.5 Å². The van der Waals surface area contributed by atoms with Crippen molar-refractivity contribution >= 4 is 11.8 Å². The monoisotopic (exact) mass is 402 g/mol. The Morgan fingerprint density at radius 3 is 2.59 bits per heavy atom. The zero-order chi connectivity index (χ0) is 20.8. The number of aryl methyl sites for hydroxylation is 1. The van der Waals surface area contributed by atoms with Crippen LogP contribution in [0.4, 0.5) is 4.39 Å². The molecule has 0 radical (unpaired) electrons. The summed E-state index contributed by atoms with van der Waals surface area (Å²) in [5.74, 6) is 0.890. The van der Waals surface area contributed by atoms with Crippen LogP contribution in [-0.4, -0.2) is 46.0 Å². The molecule has 29 heavy (non-hydrogen) atoms. The van der Waals surface area contributed by atoms with Crippen molar-refractivity contribution in [3.05, 3.63) is 36.0 Å². The van der Waals surface area contributed by atoms with E-state index in [1.807, 2.05) is 18.7 Å². The van der Waals surface area contributed by atoms with Crippen LogP contribution in [0.2, 0.25) is 0 Å². The minimum absolute atomic E-state index is 0.0708. The van der Waals surface area contributed by atoms with Gasteiger partial charge in [-0.15, -0.1) is 0 Å². The van der Waals surface area contributed by atoms with Gasteiger partial charge in [-0.1, -0.05) is 19.0 Å². The molecule has 1 aliphatic heterocycles. The predicted octanol–water partition coefficient (Wildman–Crippen LogP) is 2.96. The standard InChI is InChI=1S/C21H27FN4O3/c1-14(2)13-20(28)26-11-9-17(10-12-26)23-18(27)7-8-19-24-21(25-29-19)15-3-5-16(22)6-4-15/h3-6,14,17H,7-13H2,1-2H3,(H,23,27). The molecule has 2 aromatic rings. The number of halogens is 1. The normalized spacial score (nSPS) is 15.0. The van der Waals surface area contributed by atoms with E-state index in [1.165, 1.54) is 12.1 Å². The van der Waals surface area contributed by atoms with E-state index in [1.54, 1.807) is 12.1 Å². The van der Waals surface area contributed by atoms with Gasteiger partial charge in [-0.2, -0.15) is 4.98 Å². The number of hydrogen-bond donors (Lipinski definition) is 1. The largest absolute Gasteiger partial charge is 0.353 e. The number of carbonyl (C=O) groups is 2. The molecule has 0 aliphatic carbocycles.